The molecule has 0 aliphatic carbocycles. The lowest BCUT2D eigenvalue weighted by atomic mass is 10.2. The maximum Gasteiger partial charge on any atom is 0.233 e. The third kappa shape index (κ3) is 5.00. The fourth-order valence-electron chi connectivity index (χ4n) is 3.06. The van der Waals surface area contributed by atoms with Gasteiger partial charge in [-0.2, -0.15) is 0 Å². The predicted octanol–water partition coefficient (Wildman–Crippen LogP) is 5.33. The number of aromatic nitrogens is 3. The van der Waals surface area contributed by atoms with Gasteiger partial charge in [0.05, 0.1) is 18.8 Å². The summed E-state index contributed by atoms with van der Waals surface area (Å²) in [6.07, 6.45) is 0. The van der Waals surface area contributed by atoms with E-state index in [1.807, 2.05) is 39.3 Å². The Morgan fingerprint density at radius 1 is 0.967 bits per heavy atom. The molecule has 0 spiro atoms. The minimum absolute atomic E-state index is 0.0953. The molecule has 0 radical (unpaired) electrons. The molecule has 4 aromatic rings. The number of hydrogen-bond acceptors (Lipinski definition) is 6. The smallest absolute Gasteiger partial charge is 0.233 e. The van der Waals surface area contributed by atoms with Gasteiger partial charge in [0.1, 0.15) is 5.82 Å². The van der Waals surface area contributed by atoms with Gasteiger partial charge in [-0.05, 0) is 48.9 Å². The Balaban J connectivity index is 1.49. The molecule has 0 bridgehead atoms. The minimum Gasteiger partial charge on any atom is -0.332 e. The van der Waals surface area contributed by atoms with Crippen molar-refractivity contribution in [2.24, 2.45) is 0 Å². The highest BCUT2D eigenvalue weighted by Gasteiger charge is 2.19. The standard InChI is InChI=1S/C22H22N4OS3/c1-16-7-9-18(10-8-16)26-17(2)23-24-22(26)30-15-21(27)25(13-19-5-3-11-28-19)14-20-6-4-12-29-20/h3-12H,13-15H2,1-2H3. The number of carbonyl (C=O) groups excluding carboxylic acids is 1. The highest BCUT2D eigenvalue weighted by atomic mass is 32.2. The molecule has 0 N–H and O–H groups in total. The van der Waals surface area contributed by atoms with E-state index < -0.39 is 0 Å². The molecule has 0 fully saturated rings. The second-order valence-corrected chi connectivity index (χ2v) is 9.90. The van der Waals surface area contributed by atoms with E-state index in [-0.39, 0.29) is 5.91 Å². The molecule has 3 heterocycles. The van der Waals surface area contributed by atoms with E-state index in [4.69, 9.17) is 0 Å². The van der Waals surface area contributed by atoms with E-state index >= 15 is 0 Å². The van der Waals surface area contributed by atoms with Crippen LogP contribution in [0.1, 0.15) is 21.1 Å². The van der Waals surface area contributed by atoms with Gasteiger partial charge in [0.15, 0.2) is 5.16 Å². The molecule has 3 aromatic heterocycles. The van der Waals surface area contributed by atoms with Gasteiger partial charge < -0.3 is 4.90 Å². The third-order valence-electron chi connectivity index (χ3n) is 4.62. The summed E-state index contributed by atoms with van der Waals surface area (Å²) in [7, 11) is 0. The fourth-order valence-corrected chi connectivity index (χ4v) is 5.40. The fraction of sp³-hybridized carbons (Fsp3) is 0.227. The molecule has 8 heteroatoms. The molecule has 1 aromatic carbocycles. The van der Waals surface area contributed by atoms with Gasteiger partial charge >= 0.3 is 0 Å². The monoisotopic (exact) mass is 454 g/mol. The number of thioether (sulfide) groups is 1. The van der Waals surface area contributed by atoms with Crippen LogP contribution in [-0.4, -0.2) is 31.3 Å². The quantitative estimate of drug-likeness (QED) is 0.338. The molecular weight excluding hydrogens is 432 g/mol. The highest BCUT2D eigenvalue weighted by Crippen LogP contribution is 2.24. The summed E-state index contributed by atoms with van der Waals surface area (Å²) in [5, 5.41) is 13.4. The second kappa shape index (κ2) is 9.59. The normalized spacial score (nSPS) is 11.0. The molecule has 30 heavy (non-hydrogen) atoms. The number of aryl methyl sites for hydroxylation is 2. The van der Waals surface area contributed by atoms with Gasteiger partial charge in [0.25, 0.3) is 0 Å². The Labute approximate surface area is 188 Å². The number of thiophene rings is 2. The number of amides is 1. The highest BCUT2D eigenvalue weighted by molar-refractivity contribution is 7.99. The first-order valence-electron chi connectivity index (χ1n) is 9.54. The lowest BCUT2D eigenvalue weighted by Gasteiger charge is -2.21. The van der Waals surface area contributed by atoms with Crippen molar-refractivity contribution in [2.75, 3.05) is 5.75 Å². The van der Waals surface area contributed by atoms with Crippen molar-refractivity contribution in [1.29, 1.82) is 0 Å². The number of benzene rings is 1. The first-order valence-corrected chi connectivity index (χ1v) is 12.3. The zero-order valence-electron chi connectivity index (χ0n) is 16.8. The molecule has 0 saturated heterocycles. The van der Waals surface area contributed by atoms with Crippen molar-refractivity contribution < 1.29 is 4.79 Å². The van der Waals surface area contributed by atoms with Crippen molar-refractivity contribution >= 4 is 40.3 Å². The molecule has 0 atom stereocenters. The van der Waals surface area contributed by atoms with Crippen LogP contribution in [0.4, 0.5) is 0 Å². The average Bonchev–Trinajstić information content (AvgIpc) is 3.50. The number of rotatable bonds is 8. The van der Waals surface area contributed by atoms with Crippen molar-refractivity contribution in [3.8, 4) is 5.69 Å². The Bertz CT molecular complexity index is 1050. The van der Waals surface area contributed by atoms with Gasteiger partial charge in [0.2, 0.25) is 5.91 Å². The molecule has 0 unspecified atom stereocenters. The van der Waals surface area contributed by atoms with Crippen LogP contribution in [-0.2, 0) is 17.9 Å². The summed E-state index contributed by atoms with van der Waals surface area (Å²) >= 11 is 4.79. The van der Waals surface area contributed by atoms with Crippen molar-refractivity contribution in [2.45, 2.75) is 32.1 Å². The van der Waals surface area contributed by atoms with Crippen LogP contribution in [0.2, 0.25) is 0 Å². The summed E-state index contributed by atoms with van der Waals surface area (Å²) in [4.78, 5) is 17.4. The van der Waals surface area contributed by atoms with E-state index in [1.54, 1.807) is 22.7 Å². The molecular formula is C22H22N4OS3. The third-order valence-corrected chi connectivity index (χ3v) is 7.25. The average molecular weight is 455 g/mol. The van der Waals surface area contributed by atoms with E-state index in [9.17, 15) is 4.79 Å². The zero-order valence-corrected chi connectivity index (χ0v) is 19.3. The van der Waals surface area contributed by atoms with Crippen LogP contribution in [0.25, 0.3) is 5.69 Å². The molecule has 0 aliphatic rings. The van der Waals surface area contributed by atoms with Crippen molar-refractivity contribution in [3.63, 3.8) is 0 Å². The van der Waals surface area contributed by atoms with Crippen LogP contribution >= 0.6 is 34.4 Å². The van der Waals surface area contributed by atoms with Crippen LogP contribution in [0.5, 0.6) is 0 Å². The lowest BCUT2D eigenvalue weighted by Crippen LogP contribution is -2.31. The van der Waals surface area contributed by atoms with E-state index in [0.717, 1.165) is 16.7 Å². The van der Waals surface area contributed by atoms with Gasteiger partial charge in [-0.15, -0.1) is 32.9 Å². The Kier molecular flexibility index (Phi) is 6.66. The van der Waals surface area contributed by atoms with Gasteiger partial charge in [0, 0.05) is 15.4 Å². The van der Waals surface area contributed by atoms with Crippen LogP contribution in [0, 0.1) is 13.8 Å². The first-order chi connectivity index (χ1) is 14.6. The summed E-state index contributed by atoms with van der Waals surface area (Å²) < 4.78 is 2.00. The molecule has 154 valence electrons. The SMILES string of the molecule is Cc1ccc(-n2c(C)nnc2SCC(=O)N(Cc2cccs2)Cc2cccs2)cc1. The van der Waals surface area contributed by atoms with Gasteiger partial charge in [-0.1, -0.05) is 41.6 Å². The summed E-state index contributed by atoms with van der Waals surface area (Å²) in [5.41, 5.74) is 2.21. The van der Waals surface area contributed by atoms with Crippen molar-refractivity contribution in [1.82, 2.24) is 19.7 Å². The molecule has 5 nitrogen and oxygen atoms in total. The van der Waals surface area contributed by atoms with Gasteiger partial charge in [-0.3, -0.25) is 9.36 Å². The lowest BCUT2D eigenvalue weighted by molar-refractivity contribution is -0.129. The van der Waals surface area contributed by atoms with Gasteiger partial charge in [-0.25, -0.2) is 0 Å². The number of nitrogens with zero attached hydrogens (tertiary/aromatic N) is 4. The first kappa shape index (κ1) is 20.8. The zero-order chi connectivity index (χ0) is 20.9. The largest absolute Gasteiger partial charge is 0.332 e. The van der Waals surface area contributed by atoms with Crippen molar-refractivity contribution in [3.05, 3.63) is 80.4 Å². The Morgan fingerprint density at radius 2 is 1.60 bits per heavy atom. The van der Waals surface area contributed by atoms with Crippen LogP contribution < -0.4 is 0 Å². The van der Waals surface area contributed by atoms with Crippen LogP contribution in [0.3, 0.4) is 0 Å². The summed E-state index contributed by atoms with van der Waals surface area (Å²) in [5.74, 6) is 1.22. The maximum absolute atomic E-state index is 13.1. The summed E-state index contributed by atoms with van der Waals surface area (Å²) in [6, 6.07) is 16.4. The molecule has 0 saturated carbocycles. The second-order valence-electron chi connectivity index (χ2n) is 6.90. The maximum atomic E-state index is 13.1. The topological polar surface area (TPSA) is 51.0 Å². The Hall–Kier alpha value is -2.42. The number of hydrogen-bond donors (Lipinski definition) is 0. The predicted molar refractivity (Wildman–Crippen MR) is 124 cm³/mol. The number of carbonyl (C=O) groups is 1. The molecule has 4 rings (SSSR count). The molecule has 1 amide bonds. The van der Waals surface area contributed by atoms with E-state index in [1.165, 1.54) is 27.1 Å². The van der Waals surface area contributed by atoms with Crippen LogP contribution in [0.15, 0.2) is 64.4 Å². The minimum atomic E-state index is 0.0953. The Morgan fingerprint density at radius 3 is 2.17 bits per heavy atom. The van der Waals surface area contributed by atoms with E-state index in [0.29, 0.717) is 18.8 Å². The van der Waals surface area contributed by atoms with E-state index in [2.05, 4.69) is 53.5 Å². The summed E-state index contributed by atoms with van der Waals surface area (Å²) in [6.45, 7) is 5.24. The molecule has 0 aliphatic heterocycles.